The second-order valence-corrected chi connectivity index (χ2v) is 12.8. The minimum Gasteiger partial charge on any atom is -0.311 e. The molecule has 0 spiro atoms. The van der Waals surface area contributed by atoms with Gasteiger partial charge in [0.1, 0.15) is 0 Å². The lowest BCUT2D eigenvalue weighted by Gasteiger charge is -2.44. The van der Waals surface area contributed by atoms with Gasteiger partial charge in [-0.1, -0.05) is 97.1 Å². The van der Waals surface area contributed by atoms with Crippen molar-refractivity contribution in [1.82, 2.24) is 0 Å². The van der Waals surface area contributed by atoms with Crippen molar-refractivity contribution in [3.63, 3.8) is 0 Å². The quantitative estimate of drug-likeness (QED) is 0.189. The molecule has 0 N–H and O–H groups in total. The third-order valence-electron chi connectivity index (χ3n) is 9.43. The van der Waals surface area contributed by atoms with Gasteiger partial charge < -0.3 is 9.80 Å². The van der Waals surface area contributed by atoms with E-state index in [2.05, 4.69) is 161 Å². The largest absolute Gasteiger partial charge is 0.311 e. The molecule has 1 aromatic heterocycles. The molecule has 0 radical (unpaired) electrons. The molecule has 7 aromatic carbocycles. The molecule has 4 heteroatoms. The van der Waals surface area contributed by atoms with Gasteiger partial charge in [0.15, 0.2) is 0 Å². The summed E-state index contributed by atoms with van der Waals surface area (Å²) in [6.07, 6.45) is 0. The van der Waals surface area contributed by atoms with E-state index < -0.39 is 0 Å². The van der Waals surface area contributed by atoms with Crippen LogP contribution in [0.4, 0.5) is 34.1 Å². The molecular weight excluding hydrogens is 551 g/mol. The first-order valence-corrected chi connectivity index (χ1v) is 16.0. The zero-order chi connectivity index (χ0) is 28.8. The molecule has 0 atom stereocenters. The van der Waals surface area contributed by atoms with E-state index in [1.807, 2.05) is 11.3 Å². The molecule has 0 unspecified atom stereocenters. The molecule has 0 fully saturated rings. The average molecular weight is 577 g/mol. The van der Waals surface area contributed by atoms with Gasteiger partial charge >= 0.3 is 0 Å². The summed E-state index contributed by atoms with van der Waals surface area (Å²) in [5, 5.41) is 5.31. The minimum absolute atomic E-state index is 0.157. The first kappa shape index (κ1) is 24.2. The number of fused-ring (bicyclic) bond motifs is 9. The summed E-state index contributed by atoms with van der Waals surface area (Å²) >= 11 is 1.89. The Labute approximate surface area is 260 Å². The zero-order valence-electron chi connectivity index (χ0n) is 23.8. The number of thiophene rings is 1. The van der Waals surface area contributed by atoms with Crippen LogP contribution in [0.2, 0.25) is 0 Å². The van der Waals surface area contributed by atoms with E-state index in [4.69, 9.17) is 0 Å². The maximum Gasteiger partial charge on any atom is 0.252 e. The Morgan fingerprint density at radius 2 is 1.07 bits per heavy atom. The van der Waals surface area contributed by atoms with Crippen molar-refractivity contribution in [3.05, 3.63) is 152 Å². The summed E-state index contributed by atoms with van der Waals surface area (Å²) in [6, 6.07) is 55.8. The van der Waals surface area contributed by atoms with Gasteiger partial charge in [0.2, 0.25) is 0 Å². The van der Waals surface area contributed by atoms with Crippen LogP contribution < -0.4 is 26.2 Å². The van der Waals surface area contributed by atoms with Crippen LogP contribution >= 0.6 is 11.3 Å². The molecule has 0 bridgehead atoms. The first-order chi connectivity index (χ1) is 21.8. The minimum atomic E-state index is 0.157. The smallest absolute Gasteiger partial charge is 0.252 e. The van der Waals surface area contributed by atoms with Crippen molar-refractivity contribution in [2.24, 2.45) is 0 Å². The summed E-state index contributed by atoms with van der Waals surface area (Å²) in [5.74, 6) is 0. The Bertz CT molecular complexity index is 2430. The Morgan fingerprint density at radius 1 is 0.432 bits per heavy atom. The maximum atomic E-state index is 2.49. The van der Waals surface area contributed by atoms with Gasteiger partial charge in [0.25, 0.3) is 6.71 Å². The van der Waals surface area contributed by atoms with E-state index in [9.17, 15) is 0 Å². The van der Waals surface area contributed by atoms with Crippen molar-refractivity contribution in [3.8, 4) is 0 Å². The van der Waals surface area contributed by atoms with E-state index in [0.29, 0.717) is 0 Å². The predicted octanol–water partition coefficient (Wildman–Crippen LogP) is 9.29. The highest BCUT2D eigenvalue weighted by atomic mass is 32.1. The molecule has 0 saturated carbocycles. The summed E-state index contributed by atoms with van der Waals surface area (Å²) < 4.78 is 2.65. The lowest BCUT2D eigenvalue weighted by molar-refractivity contribution is 1.26. The molecule has 3 heterocycles. The molecule has 44 heavy (non-hydrogen) atoms. The Kier molecular flexibility index (Phi) is 4.99. The fourth-order valence-corrected chi connectivity index (χ4v) is 8.80. The van der Waals surface area contributed by atoms with Crippen LogP contribution in [0.3, 0.4) is 0 Å². The monoisotopic (exact) mass is 576 g/mol. The number of benzene rings is 7. The molecule has 0 saturated heterocycles. The number of hydrogen-bond acceptors (Lipinski definition) is 3. The molecule has 2 nitrogen and oxygen atoms in total. The molecule has 2 aliphatic heterocycles. The van der Waals surface area contributed by atoms with Gasteiger partial charge in [0, 0.05) is 54.3 Å². The molecule has 204 valence electrons. The second kappa shape index (κ2) is 9.09. The van der Waals surface area contributed by atoms with Crippen molar-refractivity contribution >= 4 is 99.5 Å². The Hall–Kier alpha value is -5.32. The van der Waals surface area contributed by atoms with Gasteiger partial charge in [-0.05, 0) is 81.8 Å². The van der Waals surface area contributed by atoms with Crippen molar-refractivity contribution in [2.45, 2.75) is 0 Å². The third-order valence-corrected chi connectivity index (χ3v) is 10.5. The number of rotatable bonds is 2. The van der Waals surface area contributed by atoms with Gasteiger partial charge in [0.05, 0.1) is 0 Å². The Morgan fingerprint density at radius 3 is 1.84 bits per heavy atom. The molecule has 0 amide bonds. The van der Waals surface area contributed by atoms with Crippen molar-refractivity contribution in [2.75, 3.05) is 9.80 Å². The predicted molar refractivity (Wildman–Crippen MR) is 191 cm³/mol. The molecular formula is C40H25BN2S. The topological polar surface area (TPSA) is 6.48 Å². The van der Waals surface area contributed by atoms with E-state index >= 15 is 0 Å². The van der Waals surface area contributed by atoms with Crippen LogP contribution in [-0.2, 0) is 0 Å². The summed E-state index contributed by atoms with van der Waals surface area (Å²) in [7, 11) is 0. The second-order valence-electron chi connectivity index (χ2n) is 11.7. The number of para-hydroxylation sites is 3. The van der Waals surface area contributed by atoms with Crippen molar-refractivity contribution in [1.29, 1.82) is 0 Å². The highest BCUT2D eigenvalue weighted by Crippen LogP contribution is 2.46. The fourth-order valence-electron chi connectivity index (χ4n) is 7.64. The van der Waals surface area contributed by atoms with Crippen LogP contribution in [-0.4, -0.2) is 6.71 Å². The van der Waals surface area contributed by atoms with Crippen LogP contribution in [0.5, 0.6) is 0 Å². The SMILES string of the molecule is c1ccc(N2c3ccccc3B3c4ccccc4N(c4ccc5c(c4)sc4ccc6ccccc6c45)c4cccc2c43)cc1. The number of anilines is 6. The van der Waals surface area contributed by atoms with Crippen LogP contribution in [0, 0.1) is 0 Å². The summed E-state index contributed by atoms with van der Waals surface area (Å²) in [5.41, 5.74) is 11.4. The number of hydrogen-bond donors (Lipinski definition) is 0. The van der Waals surface area contributed by atoms with E-state index in [1.54, 1.807) is 0 Å². The van der Waals surface area contributed by atoms with Crippen LogP contribution in [0.1, 0.15) is 0 Å². The van der Waals surface area contributed by atoms with Gasteiger partial charge in [-0.2, -0.15) is 0 Å². The lowest BCUT2D eigenvalue weighted by atomic mass is 9.33. The van der Waals surface area contributed by atoms with Gasteiger partial charge in [-0.3, -0.25) is 0 Å². The summed E-state index contributed by atoms with van der Waals surface area (Å²) in [6.45, 7) is 0.157. The first-order valence-electron chi connectivity index (χ1n) is 15.2. The standard InChI is InChI=1S/C40H25BN2S/c1-2-12-27(13-3-1)42-33-17-8-6-15-31(33)41-32-16-7-9-18-34(32)43(36-20-10-19-35(42)40(36)41)28-22-23-30-38(25-28)44-37-24-21-26-11-4-5-14-29(26)39(30)37/h1-25H. The molecule has 8 aromatic rings. The van der Waals surface area contributed by atoms with E-state index in [-0.39, 0.29) is 6.71 Å². The van der Waals surface area contributed by atoms with Crippen LogP contribution in [0.15, 0.2) is 152 Å². The molecule has 0 aliphatic carbocycles. The fraction of sp³-hybridized carbons (Fsp3) is 0. The molecule has 2 aliphatic rings. The molecule has 10 rings (SSSR count). The Balaban J connectivity index is 1.24. The van der Waals surface area contributed by atoms with Gasteiger partial charge in [-0.15, -0.1) is 11.3 Å². The van der Waals surface area contributed by atoms with Crippen molar-refractivity contribution < 1.29 is 0 Å². The van der Waals surface area contributed by atoms with Crippen LogP contribution in [0.25, 0.3) is 30.9 Å². The summed E-state index contributed by atoms with van der Waals surface area (Å²) in [4.78, 5) is 4.93. The number of nitrogens with zero attached hydrogens (tertiary/aromatic N) is 2. The lowest BCUT2D eigenvalue weighted by Crippen LogP contribution is -2.61. The van der Waals surface area contributed by atoms with E-state index in [1.165, 1.54) is 81.5 Å². The zero-order valence-corrected chi connectivity index (χ0v) is 24.6. The van der Waals surface area contributed by atoms with E-state index in [0.717, 1.165) is 0 Å². The normalized spacial score (nSPS) is 13.3. The highest BCUT2D eigenvalue weighted by molar-refractivity contribution is 7.26. The maximum absolute atomic E-state index is 2.49. The average Bonchev–Trinajstić information content (AvgIpc) is 3.47. The van der Waals surface area contributed by atoms with Gasteiger partial charge in [-0.25, -0.2) is 0 Å². The third kappa shape index (κ3) is 3.26. The highest BCUT2D eigenvalue weighted by Gasteiger charge is 2.42.